The predicted molar refractivity (Wildman–Crippen MR) is 62.9 cm³/mol. The molecule has 4 heteroatoms. The second-order valence-corrected chi connectivity index (χ2v) is 11.2. The van der Waals surface area contributed by atoms with Crippen molar-refractivity contribution in [1.29, 1.82) is 0 Å². The number of carboxylic acid groups (broad SMARTS) is 1. The number of hydrogen-bond acceptors (Lipinski definition) is 2. The number of aliphatic carboxylic acids is 1. The highest BCUT2D eigenvalue weighted by Crippen LogP contribution is 2.44. The number of hydrogen-bond donors (Lipinski definition) is 1. The first-order valence-electron chi connectivity index (χ1n) is 5.61. The summed E-state index contributed by atoms with van der Waals surface area (Å²) in [6.45, 7) is 9.57. The zero-order valence-electron chi connectivity index (χ0n) is 10.2. The molecule has 0 aromatic heterocycles. The van der Waals surface area contributed by atoms with Gasteiger partial charge < -0.3 is 9.84 Å². The fraction of sp³-hybridized carbons (Fsp3) is 0.909. The van der Waals surface area contributed by atoms with Crippen LogP contribution in [-0.2, 0) is 9.53 Å². The van der Waals surface area contributed by atoms with E-state index in [1.165, 1.54) is 0 Å². The van der Waals surface area contributed by atoms with Crippen molar-refractivity contribution >= 4 is 14.0 Å². The van der Waals surface area contributed by atoms with Gasteiger partial charge in [-0.05, 0) is 25.3 Å². The molecule has 1 fully saturated rings. The van der Waals surface area contributed by atoms with Crippen molar-refractivity contribution in [3.05, 3.63) is 0 Å². The summed E-state index contributed by atoms with van der Waals surface area (Å²) in [6.07, 6.45) is 2.33. The van der Waals surface area contributed by atoms with Gasteiger partial charge in [0.05, 0.1) is 13.7 Å². The quantitative estimate of drug-likeness (QED) is 0.755. The van der Waals surface area contributed by atoms with Crippen molar-refractivity contribution in [3.63, 3.8) is 0 Å². The summed E-state index contributed by atoms with van der Waals surface area (Å²) < 4.78 is 5.80. The molecule has 0 saturated carbocycles. The summed E-state index contributed by atoms with van der Waals surface area (Å²) in [4.78, 5) is 10.9. The van der Waals surface area contributed by atoms with Crippen LogP contribution in [0.25, 0.3) is 0 Å². The van der Waals surface area contributed by atoms with E-state index in [4.69, 9.17) is 9.84 Å². The molecule has 3 nitrogen and oxygen atoms in total. The van der Waals surface area contributed by atoms with Crippen molar-refractivity contribution in [2.45, 2.75) is 57.0 Å². The maximum atomic E-state index is 10.9. The van der Waals surface area contributed by atoms with Gasteiger partial charge in [0.1, 0.15) is 0 Å². The third-order valence-electron chi connectivity index (χ3n) is 3.41. The Bertz CT molecular complexity index is 239. The SMILES string of the molecule is CC1(C(CC(=O)O)[Si](C)(C)C)CCCO1. The molecule has 2 unspecified atom stereocenters. The lowest BCUT2D eigenvalue weighted by Crippen LogP contribution is -2.44. The smallest absolute Gasteiger partial charge is 0.303 e. The summed E-state index contributed by atoms with van der Waals surface area (Å²) >= 11 is 0. The van der Waals surface area contributed by atoms with Crippen LogP contribution in [0.15, 0.2) is 0 Å². The number of ether oxygens (including phenoxy) is 1. The van der Waals surface area contributed by atoms with Gasteiger partial charge in [-0.15, -0.1) is 0 Å². The van der Waals surface area contributed by atoms with Crippen LogP contribution in [0.5, 0.6) is 0 Å². The molecule has 0 spiro atoms. The first-order valence-corrected chi connectivity index (χ1v) is 9.19. The predicted octanol–water partition coefficient (Wildman–Crippen LogP) is 2.74. The molecule has 0 aromatic rings. The zero-order chi connectivity index (χ0) is 11.7. The summed E-state index contributed by atoms with van der Waals surface area (Å²) in [5, 5.41) is 8.99. The molecule has 0 radical (unpaired) electrons. The molecule has 0 aromatic carbocycles. The Balaban J connectivity index is 2.84. The first-order chi connectivity index (χ1) is 6.76. The van der Waals surface area contributed by atoms with Crippen LogP contribution in [0.3, 0.4) is 0 Å². The molecule has 1 N–H and O–H groups in total. The zero-order valence-corrected chi connectivity index (χ0v) is 11.2. The van der Waals surface area contributed by atoms with E-state index in [0.717, 1.165) is 19.4 Å². The molecular formula is C11H22O3Si. The van der Waals surface area contributed by atoms with Gasteiger partial charge in [-0.25, -0.2) is 0 Å². The van der Waals surface area contributed by atoms with Gasteiger partial charge in [0.15, 0.2) is 0 Å². The average Bonchev–Trinajstić information content (AvgIpc) is 2.46. The maximum Gasteiger partial charge on any atom is 0.303 e. The third kappa shape index (κ3) is 3.05. The van der Waals surface area contributed by atoms with E-state index < -0.39 is 14.0 Å². The van der Waals surface area contributed by atoms with E-state index in [1.54, 1.807) is 0 Å². The molecule has 0 bridgehead atoms. The molecule has 1 heterocycles. The van der Waals surface area contributed by atoms with Crippen LogP contribution in [0, 0.1) is 0 Å². The van der Waals surface area contributed by atoms with Crippen LogP contribution in [0.2, 0.25) is 25.2 Å². The fourth-order valence-electron chi connectivity index (χ4n) is 2.69. The normalized spacial score (nSPS) is 29.1. The second kappa shape index (κ2) is 4.26. The van der Waals surface area contributed by atoms with Gasteiger partial charge in [-0.3, -0.25) is 4.79 Å². The largest absolute Gasteiger partial charge is 0.481 e. The molecule has 1 rings (SSSR count). The van der Waals surface area contributed by atoms with Gasteiger partial charge in [0.25, 0.3) is 0 Å². The Morgan fingerprint density at radius 2 is 2.13 bits per heavy atom. The Morgan fingerprint density at radius 3 is 2.47 bits per heavy atom. The minimum atomic E-state index is -1.49. The fourth-order valence-corrected chi connectivity index (χ4v) is 5.53. The molecule has 1 saturated heterocycles. The van der Waals surface area contributed by atoms with Gasteiger partial charge in [0, 0.05) is 13.0 Å². The Hall–Kier alpha value is -0.353. The summed E-state index contributed by atoms with van der Waals surface area (Å²) in [5.74, 6) is -0.695. The van der Waals surface area contributed by atoms with Crippen LogP contribution in [-0.4, -0.2) is 31.4 Å². The third-order valence-corrected chi connectivity index (χ3v) is 6.32. The molecule has 1 aliphatic heterocycles. The van der Waals surface area contributed by atoms with E-state index in [-0.39, 0.29) is 17.6 Å². The van der Waals surface area contributed by atoms with E-state index in [1.807, 2.05) is 0 Å². The van der Waals surface area contributed by atoms with E-state index >= 15 is 0 Å². The molecule has 0 amide bonds. The van der Waals surface area contributed by atoms with E-state index in [0.29, 0.717) is 0 Å². The van der Waals surface area contributed by atoms with E-state index in [2.05, 4.69) is 26.6 Å². The van der Waals surface area contributed by atoms with Crippen molar-refractivity contribution in [1.82, 2.24) is 0 Å². The highest BCUT2D eigenvalue weighted by atomic mass is 28.3. The number of carboxylic acids is 1. The highest BCUT2D eigenvalue weighted by molar-refractivity contribution is 6.78. The minimum Gasteiger partial charge on any atom is -0.481 e. The first kappa shape index (κ1) is 12.7. The topological polar surface area (TPSA) is 46.5 Å². The monoisotopic (exact) mass is 230 g/mol. The van der Waals surface area contributed by atoms with Crippen LogP contribution in [0.1, 0.15) is 26.2 Å². The van der Waals surface area contributed by atoms with Gasteiger partial charge >= 0.3 is 5.97 Å². The van der Waals surface area contributed by atoms with Crippen molar-refractivity contribution in [2.75, 3.05) is 6.61 Å². The van der Waals surface area contributed by atoms with Gasteiger partial charge in [-0.2, -0.15) is 0 Å². The summed E-state index contributed by atoms with van der Waals surface area (Å²) in [5.41, 5.74) is 0.0214. The van der Waals surface area contributed by atoms with Crippen molar-refractivity contribution in [3.8, 4) is 0 Å². The Morgan fingerprint density at radius 1 is 1.53 bits per heavy atom. The lowest BCUT2D eigenvalue weighted by atomic mass is 9.96. The van der Waals surface area contributed by atoms with Gasteiger partial charge in [-0.1, -0.05) is 19.6 Å². The second-order valence-electron chi connectivity index (χ2n) is 5.78. The standard InChI is InChI=1S/C11H22O3Si/c1-11(6-5-7-14-11)9(8-10(12)13)15(2,3)4/h9H,5-8H2,1-4H3,(H,12,13). The average molecular weight is 230 g/mol. The van der Waals surface area contributed by atoms with Crippen LogP contribution >= 0.6 is 0 Å². The molecule has 0 aliphatic carbocycles. The molecule has 2 atom stereocenters. The lowest BCUT2D eigenvalue weighted by molar-refractivity contribution is -0.138. The molecule has 88 valence electrons. The number of rotatable bonds is 4. The van der Waals surface area contributed by atoms with Crippen molar-refractivity contribution in [2.24, 2.45) is 0 Å². The van der Waals surface area contributed by atoms with Crippen LogP contribution in [0.4, 0.5) is 0 Å². The van der Waals surface area contributed by atoms with Crippen molar-refractivity contribution < 1.29 is 14.6 Å². The molecule has 15 heavy (non-hydrogen) atoms. The number of carbonyl (C=O) groups is 1. The lowest BCUT2D eigenvalue weighted by Gasteiger charge is -2.40. The minimum absolute atomic E-state index is 0.192. The Kier molecular flexibility index (Phi) is 3.61. The highest BCUT2D eigenvalue weighted by Gasteiger charge is 2.45. The maximum absolute atomic E-state index is 10.9. The summed E-state index contributed by atoms with van der Waals surface area (Å²) in [6, 6.07) is 0. The molecular weight excluding hydrogens is 208 g/mol. The van der Waals surface area contributed by atoms with E-state index in [9.17, 15) is 4.79 Å². The summed E-state index contributed by atoms with van der Waals surface area (Å²) in [7, 11) is -1.49. The molecule has 1 aliphatic rings. The van der Waals surface area contributed by atoms with Gasteiger partial charge in [0.2, 0.25) is 0 Å². The van der Waals surface area contributed by atoms with Crippen LogP contribution < -0.4 is 0 Å². The Labute approximate surface area is 92.8 Å².